The van der Waals surface area contributed by atoms with E-state index in [0.29, 0.717) is 6.54 Å². The van der Waals surface area contributed by atoms with E-state index in [1.165, 1.54) is 0 Å². The van der Waals surface area contributed by atoms with Gasteiger partial charge in [-0.05, 0) is 38.0 Å². The van der Waals surface area contributed by atoms with Gasteiger partial charge in [0.1, 0.15) is 5.75 Å². The molecule has 0 heterocycles. The quantitative estimate of drug-likeness (QED) is 0.828. The van der Waals surface area contributed by atoms with Gasteiger partial charge in [0.2, 0.25) is 5.91 Å². The Kier molecular flexibility index (Phi) is 5.36. The summed E-state index contributed by atoms with van der Waals surface area (Å²) in [5, 5.41) is 3.02. The average molecular weight is 264 g/mol. The van der Waals surface area contributed by atoms with Gasteiger partial charge in [-0.2, -0.15) is 0 Å². The summed E-state index contributed by atoms with van der Waals surface area (Å²) in [5.41, 5.74) is 6.24. The van der Waals surface area contributed by atoms with Crippen LogP contribution < -0.4 is 15.8 Å². The highest BCUT2D eigenvalue weighted by atomic mass is 16.5. The van der Waals surface area contributed by atoms with Crippen molar-refractivity contribution in [3.05, 3.63) is 29.8 Å². The van der Waals surface area contributed by atoms with Gasteiger partial charge in [-0.15, -0.1) is 0 Å². The van der Waals surface area contributed by atoms with Crippen molar-refractivity contribution >= 4 is 5.91 Å². The molecule has 0 aliphatic heterocycles. The third-order valence-electron chi connectivity index (χ3n) is 3.74. The number of hydrogen-bond acceptors (Lipinski definition) is 3. The molecule has 0 saturated carbocycles. The highest BCUT2D eigenvalue weighted by Gasteiger charge is 2.30. The highest BCUT2D eigenvalue weighted by molar-refractivity contribution is 5.82. The Balaban J connectivity index is 2.73. The van der Waals surface area contributed by atoms with Crippen LogP contribution in [0.25, 0.3) is 0 Å². The summed E-state index contributed by atoms with van der Waals surface area (Å²) in [4.78, 5) is 12.2. The van der Waals surface area contributed by atoms with Crippen molar-refractivity contribution in [3.8, 4) is 5.75 Å². The van der Waals surface area contributed by atoms with Gasteiger partial charge >= 0.3 is 0 Å². The van der Waals surface area contributed by atoms with Crippen molar-refractivity contribution in [2.75, 3.05) is 13.7 Å². The lowest BCUT2D eigenvalue weighted by atomic mass is 9.86. The Bertz CT molecular complexity index is 411. The highest BCUT2D eigenvalue weighted by Crippen LogP contribution is 2.22. The summed E-state index contributed by atoms with van der Waals surface area (Å²) in [5.74, 6) is 0.809. The fourth-order valence-corrected chi connectivity index (χ4v) is 1.74. The minimum atomic E-state index is -0.499. The van der Waals surface area contributed by atoms with Gasteiger partial charge in [-0.25, -0.2) is 0 Å². The SMILES string of the molecule is CCC(C)(CN)C(=O)NC(C)c1ccc(OC)cc1. The smallest absolute Gasteiger partial charge is 0.227 e. The molecule has 0 aliphatic carbocycles. The topological polar surface area (TPSA) is 64.4 Å². The first kappa shape index (κ1) is 15.5. The molecular weight excluding hydrogens is 240 g/mol. The Morgan fingerprint density at radius 2 is 2.00 bits per heavy atom. The second kappa shape index (κ2) is 6.57. The number of amides is 1. The van der Waals surface area contributed by atoms with Crippen molar-refractivity contribution < 1.29 is 9.53 Å². The number of carbonyl (C=O) groups excluding carboxylic acids is 1. The van der Waals surface area contributed by atoms with Gasteiger partial charge in [0.15, 0.2) is 0 Å². The van der Waals surface area contributed by atoms with Crippen LogP contribution in [0.4, 0.5) is 0 Å². The predicted octanol–water partition coefficient (Wildman–Crippen LogP) is 2.25. The molecule has 2 unspecified atom stereocenters. The van der Waals surface area contributed by atoms with Gasteiger partial charge in [0.25, 0.3) is 0 Å². The van der Waals surface area contributed by atoms with Crippen molar-refractivity contribution in [2.45, 2.75) is 33.2 Å². The number of rotatable bonds is 6. The van der Waals surface area contributed by atoms with Gasteiger partial charge < -0.3 is 15.8 Å². The van der Waals surface area contributed by atoms with E-state index in [4.69, 9.17) is 10.5 Å². The Hall–Kier alpha value is -1.55. The molecule has 0 bridgehead atoms. The normalized spacial score (nSPS) is 15.4. The second-order valence-corrected chi connectivity index (χ2v) is 5.09. The lowest BCUT2D eigenvalue weighted by Crippen LogP contribution is -2.44. The Morgan fingerprint density at radius 1 is 1.42 bits per heavy atom. The number of ether oxygens (including phenoxy) is 1. The molecule has 1 aromatic rings. The third kappa shape index (κ3) is 3.70. The van der Waals surface area contributed by atoms with Gasteiger partial charge in [0, 0.05) is 6.54 Å². The minimum Gasteiger partial charge on any atom is -0.497 e. The standard InChI is InChI=1S/C15H24N2O2/c1-5-15(3,10-16)14(18)17-11(2)12-6-8-13(19-4)9-7-12/h6-9,11H,5,10,16H2,1-4H3,(H,17,18). The number of nitrogens with one attached hydrogen (secondary N) is 1. The van der Waals surface area contributed by atoms with E-state index < -0.39 is 5.41 Å². The summed E-state index contributed by atoms with van der Waals surface area (Å²) >= 11 is 0. The largest absolute Gasteiger partial charge is 0.497 e. The monoisotopic (exact) mass is 264 g/mol. The Morgan fingerprint density at radius 3 is 2.42 bits per heavy atom. The van der Waals surface area contributed by atoms with Gasteiger partial charge in [0.05, 0.1) is 18.6 Å². The van der Waals surface area contributed by atoms with Crippen LogP contribution in [-0.4, -0.2) is 19.6 Å². The van der Waals surface area contributed by atoms with Crippen molar-refractivity contribution in [2.24, 2.45) is 11.1 Å². The maximum atomic E-state index is 12.2. The van der Waals surface area contributed by atoms with E-state index in [1.54, 1.807) is 7.11 Å². The molecule has 0 aliphatic rings. The maximum absolute atomic E-state index is 12.2. The van der Waals surface area contributed by atoms with E-state index in [2.05, 4.69) is 5.32 Å². The van der Waals surface area contributed by atoms with Crippen molar-refractivity contribution in [3.63, 3.8) is 0 Å². The van der Waals surface area contributed by atoms with Crippen LogP contribution in [0, 0.1) is 5.41 Å². The first-order valence-corrected chi connectivity index (χ1v) is 6.62. The third-order valence-corrected chi connectivity index (χ3v) is 3.74. The molecule has 19 heavy (non-hydrogen) atoms. The zero-order chi connectivity index (χ0) is 14.5. The van der Waals surface area contributed by atoms with E-state index in [1.807, 2.05) is 45.0 Å². The lowest BCUT2D eigenvalue weighted by molar-refractivity contribution is -0.130. The van der Waals surface area contributed by atoms with Crippen LogP contribution in [0.3, 0.4) is 0 Å². The van der Waals surface area contributed by atoms with Crippen LogP contribution in [0.5, 0.6) is 5.75 Å². The molecule has 1 aromatic carbocycles. The predicted molar refractivity (Wildman–Crippen MR) is 77.0 cm³/mol. The summed E-state index contributed by atoms with van der Waals surface area (Å²) in [6.07, 6.45) is 0.727. The fourth-order valence-electron chi connectivity index (χ4n) is 1.74. The number of nitrogens with two attached hydrogens (primary N) is 1. The molecule has 0 aromatic heterocycles. The van der Waals surface area contributed by atoms with Gasteiger partial charge in [-0.1, -0.05) is 19.1 Å². The molecule has 4 nitrogen and oxygen atoms in total. The summed E-state index contributed by atoms with van der Waals surface area (Å²) in [6, 6.07) is 7.64. The molecule has 0 saturated heterocycles. The molecule has 106 valence electrons. The fraction of sp³-hybridized carbons (Fsp3) is 0.533. The second-order valence-electron chi connectivity index (χ2n) is 5.09. The zero-order valence-electron chi connectivity index (χ0n) is 12.2. The molecule has 2 atom stereocenters. The molecule has 0 spiro atoms. The van der Waals surface area contributed by atoms with Crippen LogP contribution in [0.15, 0.2) is 24.3 Å². The summed E-state index contributed by atoms with van der Waals surface area (Å²) in [6.45, 7) is 6.19. The van der Waals surface area contributed by atoms with E-state index in [9.17, 15) is 4.79 Å². The Labute approximate surface area is 115 Å². The summed E-state index contributed by atoms with van der Waals surface area (Å²) in [7, 11) is 1.63. The maximum Gasteiger partial charge on any atom is 0.227 e. The van der Waals surface area contributed by atoms with E-state index in [-0.39, 0.29) is 11.9 Å². The molecule has 3 N–H and O–H groups in total. The molecule has 1 rings (SSSR count). The number of hydrogen-bond donors (Lipinski definition) is 2. The number of methoxy groups -OCH3 is 1. The molecule has 0 radical (unpaired) electrons. The number of benzene rings is 1. The van der Waals surface area contributed by atoms with Crippen molar-refractivity contribution in [1.82, 2.24) is 5.32 Å². The molecule has 1 amide bonds. The van der Waals surface area contributed by atoms with Gasteiger partial charge in [-0.3, -0.25) is 4.79 Å². The molecular formula is C15H24N2O2. The van der Waals surface area contributed by atoms with Crippen LogP contribution in [0.1, 0.15) is 38.8 Å². The number of carbonyl (C=O) groups is 1. The molecule has 0 fully saturated rings. The first-order chi connectivity index (χ1) is 8.96. The minimum absolute atomic E-state index is 0.000757. The van der Waals surface area contributed by atoms with Crippen molar-refractivity contribution in [1.29, 1.82) is 0 Å². The van der Waals surface area contributed by atoms with E-state index >= 15 is 0 Å². The van der Waals surface area contributed by atoms with Crippen LogP contribution >= 0.6 is 0 Å². The average Bonchev–Trinajstić information content (AvgIpc) is 2.46. The first-order valence-electron chi connectivity index (χ1n) is 6.62. The zero-order valence-corrected chi connectivity index (χ0v) is 12.2. The lowest BCUT2D eigenvalue weighted by Gasteiger charge is -2.27. The van der Waals surface area contributed by atoms with Crippen LogP contribution in [-0.2, 0) is 4.79 Å². The van der Waals surface area contributed by atoms with Crippen LogP contribution in [0.2, 0.25) is 0 Å². The van der Waals surface area contributed by atoms with E-state index in [0.717, 1.165) is 17.7 Å². The summed E-state index contributed by atoms with van der Waals surface area (Å²) < 4.78 is 5.12. The molecule has 4 heteroatoms.